The van der Waals surface area contributed by atoms with E-state index in [9.17, 15) is 5.11 Å². The first-order chi connectivity index (χ1) is 6.76. The first-order valence-corrected chi connectivity index (χ1v) is 5.83. The second-order valence-electron chi connectivity index (χ2n) is 2.77. The first kappa shape index (κ1) is 11.7. The molecule has 1 unspecified atom stereocenters. The summed E-state index contributed by atoms with van der Waals surface area (Å²) in [6, 6.07) is 7.77. The average molecular weight is 233 g/mol. The molecule has 0 spiro atoms. The zero-order chi connectivity index (χ0) is 10.4. The second-order valence-corrected chi connectivity index (χ2v) is 4.24. The Morgan fingerprint density at radius 1 is 1.43 bits per heavy atom. The fourth-order valence-electron chi connectivity index (χ4n) is 0.959. The van der Waals surface area contributed by atoms with Crippen molar-refractivity contribution in [3.05, 3.63) is 29.8 Å². The van der Waals surface area contributed by atoms with E-state index >= 15 is 0 Å². The van der Waals surface area contributed by atoms with E-state index in [0.717, 1.165) is 17.1 Å². The van der Waals surface area contributed by atoms with Crippen LogP contribution in [-0.4, -0.2) is 23.5 Å². The molecule has 0 amide bonds. The van der Waals surface area contributed by atoms with Crippen LogP contribution < -0.4 is 4.74 Å². The topological polar surface area (TPSA) is 29.5 Å². The number of hydrogen-bond acceptors (Lipinski definition) is 3. The van der Waals surface area contributed by atoms with Crippen molar-refractivity contribution in [3.63, 3.8) is 0 Å². The Hall–Kier alpha value is -0.380. The number of aliphatic hydroxyl groups excluding tert-OH is 1. The number of hydrogen-bond donors (Lipinski definition) is 1. The van der Waals surface area contributed by atoms with Gasteiger partial charge < -0.3 is 9.84 Å². The molecular weight excluding hydrogens is 220 g/mol. The molecule has 1 aromatic rings. The fraction of sp³-hybridized carbons (Fsp3) is 0.400. The molecule has 78 valence electrons. The molecule has 0 saturated carbocycles. The van der Waals surface area contributed by atoms with E-state index in [2.05, 4.69) is 0 Å². The predicted molar refractivity (Wildman–Crippen MR) is 61.0 cm³/mol. The van der Waals surface area contributed by atoms with Crippen molar-refractivity contribution in [1.29, 1.82) is 0 Å². The maximum absolute atomic E-state index is 9.23. The van der Waals surface area contributed by atoms with Crippen LogP contribution in [0.25, 0.3) is 0 Å². The van der Waals surface area contributed by atoms with Crippen molar-refractivity contribution >= 4 is 23.4 Å². The molecule has 0 aliphatic carbocycles. The summed E-state index contributed by atoms with van der Waals surface area (Å²) in [7, 11) is 1.64. The molecule has 0 fully saturated rings. The summed E-state index contributed by atoms with van der Waals surface area (Å²) in [5.41, 5.74) is 0.665. The van der Waals surface area contributed by atoms with E-state index in [1.54, 1.807) is 7.11 Å². The van der Waals surface area contributed by atoms with E-state index in [4.69, 9.17) is 16.3 Å². The Balaban J connectivity index is 2.43. The van der Waals surface area contributed by atoms with E-state index in [-0.39, 0.29) is 5.88 Å². The zero-order valence-corrected chi connectivity index (χ0v) is 9.52. The number of rotatable bonds is 5. The van der Waals surface area contributed by atoms with Crippen LogP contribution in [0.5, 0.6) is 5.75 Å². The SMILES string of the molecule is COc1ccc(CSC(O)CCl)cc1. The molecular formula is C10H13ClO2S. The number of aliphatic hydroxyl groups is 1. The van der Waals surface area contributed by atoms with Gasteiger partial charge in [-0.2, -0.15) is 0 Å². The lowest BCUT2D eigenvalue weighted by molar-refractivity contribution is 0.287. The summed E-state index contributed by atoms with van der Waals surface area (Å²) in [6.45, 7) is 0. The minimum absolute atomic E-state index is 0.265. The van der Waals surface area contributed by atoms with Crippen LogP contribution in [0, 0.1) is 0 Å². The molecule has 1 rings (SSSR count). The lowest BCUT2D eigenvalue weighted by atomic mass is 10.2. The number of ether oxygens (including phenoxy) is 1. The Kier molecular flexibility index (Phi) is 5.15. The highest BCUT2D eigenvalue weighted by Gasteiger charge is 2.02. The average Bonchev–Trinajstić information content (AvgIpc) is 2.26. The van der Waals surface area contributed by atoms with Gasteiger partial charge in [0.15, 0.2) is 0 Å². The number of alkyl halides is 1. The van der Waals surface area contributed by atoms with Gasteiger partial charge in [0.25, 0.3) is 0 Å². The van der Waals surface area contributed by atoms with Crippen molar-refractivity contribution in [2.24, 2.45) is 0 Å². The summed E-state index contributed by atoms with van der Waals surface area (Å²) in [5, 5.41) is 9.23. The number of thioether (sulfide) groups is 1. The molecule has 4 heteroatoms. The van der Waals surface area contributed by atoms with Crippen LogP contribution in [0.2, 0.25) is 0 Å². The molecule has 0 aliphatic rings. The summed E-state index contributed by atoms with van der Waals surface area (Å²) in [5.74, 6) is 1.87. The van der Waals surface area contributed by atoms with Crippen LogP contribution >= 0.6 is 23.4 Å². The first-order valence-electron chi connectivity index (χ1n) is 4.25. The molecule has 2 nitrogen and oxygen atoms in total. The second kappa shape index (κ2) is 6.17. The van der Waals surface area contributed by atoms with Gasteiger partial charge in [0.05, 0.1) is 13.0 Å². The minimum atomic E-state index is -0.487. The largest absolute Gasteiger partial charge is 0.497 e. The molecule has 0 aromatic heterocycles. The molecule has 0 saturated heterocycles. The standard InChI is InChI=1S/C10H13ClO2S/c1-13-9-4-2-8(3-5-9)7-14-10(12)6-11/h2-5,10,12H,6-7H2,1H3. The Labute approximate surface area is 93.2 Å². The van der Waals surface area contributed by atoms with Crippen molar-refractivity contribution in [2.45, 2.75) is 11.2 Å². The lowest BCUT2D eigenvalue weighted by Crippen LogP contribution is -2.02. The monoisotopic (exact) mass is 232 g/mol. The number of benzene rings is 1. The molecule has 1 N–H and O–H groups in total. The number of halogens is 1. The molecule has 0 aliphatic heterocycles. The Bertz CT molecular complexity index is 263. The molecule has 14 heavy (non-hydrogen) atoms. The smallest absolute Gasteiger partial charge is 0.118 e. The molecule has 0 radical (unpaired) electrons. The quantitative estimate of drug-likeness (QED) is 0.625. The van der Waals surface area contributed by atoms with E-state index in [1.807, 2.05) is 24.3 Å². The van der Waals surface area contributed by atoms with Crippen molar-refractivity contribution in [2.75, 3.05) is 13.0 Å². The van der Waals surface area contributed by atoms with Gasteiger partial charge in [-0.3, -0.25) is 0 Å². The van der Waals surface area contributed by atoms with Gasteiger partial charge in [0.2, 0.25) is 0 Å². The van der Waals surface area contributed by atoms with Gasteiger partial charge in [-0.15, -0.1) is 23.4 Å². The summed E-state index contributed by atoms with van der Waals surface area (Å²) in [4.78, 5) is 0. The van der Waals surface area contributed by atoms with Crippen LogP contribution in [0.1, 0.15) is 5.56 Å². The van der Waals surface area contributed by atoms with Crippen molar-refractivity contribution in [3.8, 4) is 5.75 Å². The molecule has 0 heterocycles. The van der Waals surface area contributed by atoms with Gasteiger partial charge in [-0.25, -0.2) is 0 Å². The van der Waals surface area contributed by atoms with Crippen LogP contribution in [0.3, 0.4) is 0 Å². The highest BCUT2D eigenvalue weighted by Crippen LogP contribution is 2.19. The third-order valence-corrected chi connectivity index (χ3v) is 3.26. The van der Waals surface area contributed by atoms with Gasteiger partial charge in [-0.05, 0) is 17.7 Å². The maximum atomic E-state index is 9.23. The predicted octanol–water partition coefficient (Wildman–Crippen LogP) is 2.49. The number of methoxy groups -OCH3 is 1. The highest BCUT2D eigenvalue weighted by atomic mass is 35.5. The normalized spacial score (nSPS) is 12.5. The van der Waals surface area contributed by atoms with Crippen LogP contribution in [0.15, 0.2) is 24.3 Å². The van der Waals surface area contributed by atoms with Gasteiger partial charge in [0, 0.05) is 5.75 Å². The van der Waals surface area contributed by atoms with E-state index < -0.39 is 5.44 Å². The fourth-order valence-corrected chi connectivity index (χ4v) is 1.89. The minimum Gasteiger partial charge on any atom is -0.497 e. The van der Waals surface area contributed by atoms with Gasteiger partial charge >= 0.3 is 0 Å². The summed E-state index contributed by atoms with van der Waals surface area (Å²) < 4.78 is 5.04. The molecule has 1 atom stereocenters. The molecule has 1 aromatic carbocycles. The van der Waals surface area contributed by atoms with E-state index in [0.29, 0.717) is 0 Å². The van der Waals surface area contributed by atoms with E-state index in [1.165, 1.54) is 11.8 Å². The summed E-state index contributed by atoms with van der Waals surface area (Å²) in [6.07, 6.45) is 0. The Morgan fingerprint density at radius 2 is 2.07 bits per heavy atom. The Morgan fingerprint density at radius 3 is 2.57 bits per heavy atom. The van der Waals surface area contributed by atoms with Gasteiger partial charge in [-0.1, -0.05) is 12.1 Å². The van der Waals surface area contributed by atoms with Crippen LogP contribution in [-0.2, 0) is 5.75 Å². The molecule has 0 bridgehead atoms. The summed E-state index contributed by atoms with van der Waals surface area (Å²) >= 11 is 6.90. The lowest BCUT2D eigenvalue weighted by Gasteiger charge is -2.06. The highest BCUT2D eigenvalue weighted by molar-refractivity contribution is 7.99. The third-order valence-electron chi connectivity index (χ3n) is 1.73. The van der Waals surface area contributed by atoms with Gasteiger partial charge in [0.1, 0.15) is 11.2 Å². The maximum Gasteiger partial charge on any atom is 0.118 e. The third kappa shape index (κ3) is 3.78. The van der Waals surface area contributed by atoms with Crippen LogP contribution in [0.4, 0.5) is 0 Å². The zero-order valence-electron chi connectivity index (χ0n) is 7.94. The van der Waals surface area contributed by atoms with Crippen molar-refractivity contribution < 1.29 is 9.84 Å². The van der Waals surface area contributed by atoms with Crippen molar-refractivity contribution in [1.82, 2.24) is 0 Å².